The fourth-order valence-corrected chi connectivity index (χ4v) is 8.99. The molecule has 1 aliphatic heterocycles. The Bertz CT molecular complexity index is 778. The predicted octanol–water partition coefficient (Wildman–Crippen LogP) is 8.23. The Kier molecular flexibility index (Phi) is 11.2. The van der Waals surface area contributed by atoms with Gasteiger partial charge in [-0.05, 0) is 112 Å². The molecule has 0 aromatic rings. The molecule has 0 aromatic heterocycles. The van der Waals surface area contributed by atoms with Gasteiger partial charge in [-0.1, -0.05) is 69.8 Å². The Morgan fingerprint density at radius 1 is 1.08 bits per heavy atom. The highest BCUT2D eigenvalue weighted by molar-refractivity contribution is 7.96. The van der Waals surface area contributed by atoms with Gasteiger partial charge in [0.25, 0.3) is 0 Å². The molecule has 3 aliphatic carbocycles. The number of rotatable bonds is 10. The Hall–Kier alpha value is -0.160. The molecule has 0 bridgehead atoms. The van der Waals surface area contributed by atoms with Crippen LogP contribution in [0.25, 0.3) is 0 Å². The third-order valence-corrected chi connectivity index (χ3v) is 11.2. The van der Waals surface area contributed by atoms with E-state index in [1.54, 1.807) is 11.9 Å². The second-order valence-corrected chi connectivity index (χ2v) is 15.0. The molecular weight excluding hydrogens is 494 g/mol. The molecule has 3 nitrogen and oxygen atoms in total. The van der Waals surface area contributed by atoms with E-state index in [-0.39, 0.29) is 0 Å². The zero-order chi connectivity index (χ0) is 26.4. The van der Waals surface area contributed by atoms with Crippen LogP contribution in [0.3, 0.4) is 0 Å². The molecule has 212 valence electrons. The van der Waals surface area contributed by atoms with Gasteiger partial charge in [0.1, 0.15) is 0 Å². The average molecular weight is 550 g/mol. The summed E-state index contributed by atoms with van der Waals surface area (Å²) in [6.07, 6.45) is 21.6. The van der Waals surface area contributed by atoms with Gasteiger partial charge in [0.15, 0.2) is 0 Å². The predicted molar refractivity (Wildman–Crippen MR) is 164 cm³/mol. The van der Waals surface area contributed by atoms with Crippen LogP contribution in [-0.2, 0) is 0 Å². The van der Waals surface area contributed by atoms with Crippen molar-refractivity contribution in [3.63, 3.8) is 0 Å². The minimum absolute atomic E-state index is 0.384. The first-order valence-corrected chi connectivity index (χ1v) is 17.2. The van der Waals surface area contributed by atoms with Crippen LogP contribution in [0.2, 0.25) is 0 Å². The largest absolute Gasteiger partial charge is 0.334 e. The molecule has 2 N–H and O–H groups in total. The van der Waals surface area contributed by atoms with Crippen molar-refractivity contribution in [1.82, 2.24) is 14.9 Å². The fraction of sp³-hybridized carbons (Fsp3) is 0.875. The van der Waals surface area contributed by atoms with Crippen molar-refractivity contribution < 1.29 is 0 Å². The summed E-state index contributed by atoms with van der Waals surface area (Å²) in [5, 5.41) is 5.20. The number of piperidine rings is 1. The number of allylic oxidation sites excluding steroid dienone is 4. The molecule has 0 aromatic carbocycles. The van der Waals surface area contributed by atoms with E-state index in [0.29, 0.717) is 17.4 Å². The van der Waals surface area contributed by atoms with E-state index in [1.807, 2.05) is 0 Å². The Labute approximate surface area is 238 Å². The van der Waals surface area contributed by atoms with Gasteiger partial charge in [-0.3, -0.25) is 0 Å². The lowest BCUT2D eigenvalue weighted by Gasteiger charge is -2.49. The van der Waals surface area contributed by atoms with Gasteiger partial charge in [-0.15, -0.1) is 0 Å². The van der Waals surface area contributed by atoms with Gasteiger partial charge < -0.3 is 14.9 Å². The van der Waals surface area contributed by atoms with Crippen LogP contribution in [0.15, 0.2) is 22.9 Å². The maximum Gasteiger partial charge on any atom is 0.0218 e. The molecule has 37 heavy (non-hydrogen) atoms. The zero-order valence-electron chi connectivity index (χ0n) is 24.5. The number of likely N-dealkylation sites (tertiary alicyclic amines) is 1. The van der Waals surface area contributed by atoms with E-state index < -0.39 is 0 Å². The van der Waals surface area contributed by atoms with Crippen molar-refractivity contribution in [3.8, 4) is 0 Å². The highest BCUT2D eigenvalue weighted by Gasteiger charge is 2.41. The summed E-state index contributed by atoms with van der Waals surface area (Å²) >= 11 is 8.07. The number of halogens is 1. The number of hydrogen-bond acceptors (Lipinski definition) is 4. The van der Waals surface area contributed by atoms with Gasteiger partial charge in [-0.25, -0.2) is 0 Å². The molecule has 4 rings (SSSR count). The SMILES string of the molecule is CSNC1=CCCCC1C1CCCC(CN[C@@H](CN2CC[C@H](C3CC=C(Cl)CC3)C(C)(C)C2)C(C)C)C1. The van der Waals surface area contributed by atoms with Crippen LogP contribution in [0.1, 0.15) is 98.3 Å². The minimum atomic E-state index is 0.384. The van der Waals surface area contributed by atoms with Crippen LogP contribution >= 0.6 is 23.5 Å². The highest BCUT2D eigenvalue weighted by atomic mass is 35.5. The Morgan fingerprint density at radius 3 is 2.62 bits per heavy atom. The summed E-state index contributed by atoms with van der Waals surface area (Å²) < 4.78 is 3.64. The van der Waals surface area contributed by atoms with E-state index in [1.165, 1.54) is 96.1 Å². The van der Waals surface area contributed by atoms with E-state index in [0.717, 1.165) is 41.0 Å². The topological polar surface area (TPSA) is 27.3 Å². The monoisotopic (exact) mass is 549 g/mol. The van der Waals surface area contributed by atoms with Gasteiger partial charge in [0.05, 0.1) is 0 Å². The van der Waals surface area contributed by atoms with Gasteiger partial charge >= 0.3 is 0 Å². The number of nitrogens with one attached hydrogen (secondary N) is 2. The third-order valence-electron chi connectivity index (χ3n) is 10.4. The van der Waals surface area contributed by atoms with Crippen LogP contribution < -0.4 is 10.0 Å². The molecule has 1 saturated carbocycles. The molecule has 0 radical (unpaired) electrons. The molecule has 2 fully saturated rings. The lowest BCUT2D eigenvalue weighted by molar-refractivity contribution is 0.0114. The number of hydrogen-bond donors (Lipinski definition) is 2. The molecule has 4 aliphatic rings. The Balaban J connectivity index is 1.27. The maximum absolute atomic E-state index is 6.29. The maximum atomic E-state index is 6.29. The van der Waals surface area contributed by atoms with E-state index in [4.69, 9.17) is 11.6 Å². The molecule has 1 heterocycles. The van der Waals surface area contributed by atoms with Crippen LogP contribution in [0, 0.1) is 40.9 Å². The first kappa shape index (κ1) is 29.8. The van der Waals surface area contributed by atoms with E-state index in [2.05, 4.69) is 61.0 Å². The summed E-state index contributed by atoms with van der Waals surface area (Å²) in [5.74, 6) is 4.80. The summed E-state index contributed by atoms with van der Waals surface area (Å²) in [7, 11) is 0. The standard InChI is InChI=1S/C32H56ClN3S/c1-23(2)31(21-36-18-17-29(32(3,4)22-36)25-13-15-27(33)16-14-25)34-20-24-9-8-10-26(19-24)28-11-6-7-12-30(28)35-37-5/h12,15,23-26,28-29,31,34-35H,6-11,13-14,16-22H2,1-5H3/t24?,25?,26?,28?,29-,31+/m1/s1. The van der Waals surface area contributed by atoms with Crippen LogP contribution in [-0.4, -0.2) is 43.4 Å². The van der Waals surface area contributed by atoms with Crippen molar-refractivity contribution in [2.45, 2.75) is 104 Å². The van der Waals surface area contributed by atoms with Crippen molar-refractivity contribution in [2.24, 2.45) is 40.9 Å². The van der Waals surface area contributed by atoms with Crippen molar-refractivity contribution in [1.29, 1.82) is 0 Å². The van der Waals surface area contributed by atoms with Crippen molar-refractivity contribution in [3.05, 3.63) is 22.9 Å². The molecule has 1 saturated heterocycles. The first-order valence-electron chi connectivity index (χ1n) is 15.6. The van der Waals surface area contributed by atoms with E-state index >= 15 is 0 Å². The van der Waals surface area contributed by atoms with Crippen molar-refractivity contribution in [2.75, 3.05) is 32.4 Å². The average Bonchev–Trinajstić information content (AvgIpc) is 2.87. The van der Waals surface area contributed by atoms with Crippen molar-refractivity contribution >= 4 is 23.5 Å². The second-order valence-electron chi connectivity index (χ2n) is 13.9. The highest BCUT2D eigenvalue weighted by Crippen LogP contribution is 2.45. The van der Waals surface area contributed by atoms with Crippen LogP contribution in [0.4, 0.5) is 0 Å². The van der Waals surface area contributed by atoms with Gasteiger partial charge in [0.2, 0.25) is 0 Å². The zero-order valence-corrected chi connectivity index (χ0v) is 26.1. The molecule has 5 heteroatoms. The van der Waals surface area contributed by atoms with Gasteiger partial charge in [-0.2, -0.15) is 0 Å². The lowest BCUT2D eigenvalue weighted by atomic mass is 9.65. The first-order chi connectivity index (χ1) is 17.8. The summed E-state index contributed by atoms with van der Waals surface area (Å²) in [6, 6.07) is 0.590. The molecule has 0 spiro atoms. The number of nitrogens with zero attached hydrogens (tertiary/aromatic N) is 1. The fourth-order valence-electron chi connectivity index (χ4n) is 8.32. The molecule has 0 amide bonds. The smallest absolute Gasteiger partial charge is 0.0218 e. The molecule has 4 unspecified atom stereocenters. The molecule has 6 atom stereocenters. The molecular formula is C32H56ClN3S. The quantitative estimate of drug-likeness (QED) is 0.268. The minimum Gasteiger partial charge on any atom is -0.334 e. The third kappa shape index (κ3) is 8.18. The Morgan fingerprint density at radius 2 is 1.92 bits per heavy atom. The normalized spacial score (nSPS) is 34.1. The second kappa shape index (κ2) is 14.0. The summed E-state index contributed by atoms with van der Waals surface area (Å²) in [6.45, 7) is 14.8. The van der Waals surface area contributed by atoms with E-state index in [9.17, 15) is 0 Å². The summed E-state index contributed by atoms with van der Waals surface area (Å²) in [4.78, 5) is 2.79. The lowest BCUT2D eigenvalue weighted by Crippen LogP contribution is -2.53. The van der Waals surface area contributed by atoms with Gasteiger partial charge in [0, 0.05) is 42.0 Å². The van der Waals surface area contributed by atoms with Crippen LogP contribution in [0.5, 0.6) is 0 Å². The summed E-state index contributed by atoms with van der Waals surface area (Å²) in [5.41, 5.74) is 1.92.